The molecule has 18 heavy (non-hydrogen) atoms. The minimum Gasteiger partial charge on any atom is -0.381 e. The van der Waals surface area contributed by atoms with Gasteiger partial charge in [0.1, 0.15) is 0 Å². The zero-order valence-corrected chi connectivity index (χ0v) is 9.54. The van der Waals surface area contributed by atoms with Crippen LogP contribution in [0.5, 0.6) is 0 Å². The maximum absolute atomic E-state index is 5.76. The minimum absolute atomic E-state index is 0.366. The molecule has 5 heteroatoms. The van der Waals surface area contributed by atoms with Crippen LogP contribution >= 0.6 is 0 Å². The fourth-order valence-corrected chi connectivity index (χ4v) is 1.78. The van der Waals surface area contributed by atoms with Crippen molar-refractivity contribution in [3.05, 3.63) is 48.9 Å². The van der Waals surface area contributed by atoms with Gasteiger partial charge in [-0.2, -0.15) is 0 Å². The van der Waals surface area contributed by atoms with Crippen molar-refractivity contribution in [3.63, 3.8) is 0 Å². The monoisotopic (exact) mass is 237 g/mol. The van der Waals surface area contributed by atoms with Crippen LogP contribution in [0.25, 0.3) is 10.9 Å². The summed E-state index contributed by atoms with van der Waals surface area (Å²) in [5.74, 6) is 0.904. The quantitative estimate of drug-likeness (QED) is 0.715. The first-order chi connectivity index (χ1) is 8.84. The minimum atomic E-state index is 0.366. The molecule has 0 amide bonds. The molecule has 0 bridgehead atoms. The molecule has 0 spiro atoms. The van der Waals surface area contributed by atoms with Crippen molar-refractivity contribution >= 4 is 28.2 Å². The summed E-state index contributed by atoms with van der Waals surface area (Å²) in [4.78, 5) is 12.5. The second-order valence-corrected chi connectivity index (χ2v) is 3.80. The third kappa shape index (κ3) is 1.82. The number of fused-ring (bicyclic) bond motifs is 1. The number of benzene rings is 1. The largest absolute Gasteiger partial charge is 0.381 e. The van der Waals surface area contributed by atoms with E-state index in [9.17, 15) is 0 Å². The van der Waals surface area contributed by atoms with Gasteiger partial charge in [0.25, 0.3) is 0 Å². The maximum atomic E-state index is 5.76. The van der Waals surface area contributed by atoms with E-state index in [1.54, 1.807) is 18.6 Å². The van der Waals surface area contributed by atoms with Crippen molar-refractivity contribution in [1.82, 2.24) is 15.0 Å². The van der Waals surface area contributed by atoms with Crippen LogP contribution in [0.4, 0.5) is 17.3 Å². The van der Waals surface area contributed by atoms with Gasteiger partial charge in [0.2, 0.25) is 0 Å². The molecule has 0 aliphatic heterocycles. The van der Waals surface area contributed by atoms with Crippen LogP contribution in [0.15, 0.2) is 48.9 Å². The van der Waals surface area contributed by atoms with Gasteiger partial charge in [-0.15, -0.1) is 0 Å². The van der Waals surface area contributed by atoms with Crippen LogP contribution in [-0.2, 0) is 0 Å². The zero-order chi connectivity index (χ0) is 12.4. The lowest BCUT2D eigenvalue weighted by Gasteiger charge is -2.09. The van der Waals surface area contributed by atoms with Gasteiger partial charge in [-0.05, 0) is 12.1 Å². The normalized spacial score (nSPS) is 10.4. The topological polar surface area (TPSA) is 76.7 Å². The van der Waals surface area contributed by atoms with Crippen molar-refractivity contribution < 1.29 is 0 Å². The Balaban J connectivity index is 2.08. The number of nitrogen functional groups attached to an aromatic ring is 1. The summed E-state index contributed by atoms with van der Waals surface area (Å²) in [7, 11) is 0. The summed E-state index contributed by atoms with van der Waals surface area (Å²) < 4.78 is 0. The molecule has 0 aliphatic carbocycles. The molecule has 5 nitrogen and oxygen atoms in total. The van der Waals surface area contributed by atoms with E-state index in [1.807, 2.05) is 30.3 Å². The van der Waals surface area contributed by atoms with E-state index in [1.165, 1.54) is 0 Å². The number of anilines is 3. The average molecular weight is 237 g/mol. The number of para-hydroxylation sites is 1. The number of hydrogen-bond acceptors (Lipinski definition) is 5. The van der Waals surface area contributed by atoms with Crippen LogP contribution in [0.3, 0.4) is 0 Å². The molecular weight excluding hydrogens is 226 g/mol. The highest BCUT2D eigenvalue weighted by atomic mass is 15.1. The first kappa shape index (κ1) is 10.5. The molecule has 3 aromatic rings. The van der Waals surface area contributed by atoms with Crippen molar-refractivity contribution in [2.75, 3.05) is 11.1 Å². The number of pyridine rings is 1. The van der Waals surface area contributed by atoms with Gasteiger partial charge in [-0.3, -0.25) is 4.98 Å². The van der Waals surface area contributed by atoms with E-state index in [2.05, 4.69) is 20.3 Å². The van der Waals surface area contributed by atoms with Crippen molar-refractivity contribution in [2.24, 2.45) is 0 Å². The molecular formula is C13H11N5. The molecule has 0 atom stereocenters. The van der Waals surface area contributed by atoms with Crippen molar-refractivity contribution in [1.29, 1.82) is 0 Å². The third-order valence-corrected chi connectivity index (χ3v) is 2.61. The number of nitrogens with two attached hydrogens (primary N) is 1. The van der Waals surface area contributed by atoms with E-state index >= 15 is 0 Å². The highest BCUT2D eigenvalue weighted by molar-refractivity contribution is 5.92. The highest BCUT2D eigenvalue weighted by Crippen LogP contribution is 2.24. The van der Waals surface area contributed by atoms with Gasteiger partial charge < -0.3 is 11.1 Å². The Labute approximate surface area is 104 Å². The van der Waals surface area contributed by atoms with E-state index in [0.29, 0.717) is 11.6 Å². The third-order valence-electron chi connectivity index (χ3n) is 2.61. The summed E-state index contributed by atoms with van der Waals surface area (Å²) in [6, 6.07) is 9.81. The lowest BCUT2D eigenvalue weighted by Crippen LogP contribution is -2.01. The lowest BCUT2D eigenvalue weighted by molar-refractivity contribution is 1.21. The van der Waals surface area contributed by atoms with Gasteiger partial charge in [-0.1, -0.05) is 18.2 Å². The second kappa shape index (κ2) is 4.29. The Hall–Kier alpha value is -2.69. The molecule has 0 radical (unpaired) electrons. The highest BCUT2D eigenvalue weighted by Gasteiger charge is 2.05. The molecule has 3 rings (SSSR count). The lowest BCUT2D eigenvalue weighted by atomic mass is 10.2. The first-order valence-electron chi connectivity index (χ1n) is 5.52. The predicted molar refractivity (Wildman–Crippen MR) is 71.5 cm³/mol. The van der Waals surface area contributed by atoms with Gasteiger partial charge in [0, 0.05) is 24.0 Å². The van der Waals surface area contributed by atoms with Gasteiger partial charge >= 0.3 is 0 Å². The summed E-state index contributed by atoms with van der Waals surface area (Å²) >= 11 is 0. The molecule has 0 aliphatic rings. The Kier molecular flexibility index (Phi) is 2.49. The fraction of sp³-hybridized carbons (Fsp3) is 0. The SMILES string of the molecule is Nc1nccnc1Nc1cccc2cccnc12. The number of nitrogens with zero attached hydrogens (tertiary/aromatic N) is 3. The molecule has 0 saturated heterocycles. The van der Waals surface area contributed by atoms with E-state index in [0.717, 1.165) is 16.6 Å². The smallest absolute Gasteiger partial charge is 0.173 e. The Morgan fingerprint density at radius 1 is 0.889 bits per heavy atom. The zero-order valence-electron chi connectivity index (χ0n) is 9.54. The molecule has 3 N–H and O–H groups in total. The number of hydrogen-bond donors (Lipinski definition) is 2. The Morgan fingerprint density at radius 3 is 2.61 bits per heavy atom. The molecule has 2 aromatic heterocycles. The first-order valence-corrected chi connectivity index (χ1v) is 5.52. The molecule has 1 aromatic carbocycles. The summed E-state index contributed by atoms with van der Waals surface area (Å²) in [5, 5.41) is 4.21. The van der Waals surface area contributed by atoms with Crippen molar-refractivity contribution in [2.45, 2.75) is 0 Å². The van der Waals surface area contributed by atoms with Gasteiger partial charge in [-0.25, -0.2) is 9.97 Å². The molecule has 0 unspecified atom stereocenters. The van der Waals surface area contributed by atoms with Crippen molar-refractivity contribution in [3.8, 4) is 0 Å². The maximum Gasteiger partial charge on any atom is 0.173 e. The predicted octanol–water partition coefficient (Wildman–Crippen LogP) is 2.35. The standard InChI is InChI=1S/C13H11N5/c14-12-13(17-8-7-16-12)18-10-5-1-3-9-4-2-6-15-11(9)10/h1-8H,(H2,14,16)(H,17,18). The van der Waals surface area contributed by atoms with Crippen LogP contribution in [-0.4, -0.2) is 15.0 Å². The average Bonchev–Trinajstić information content (AvgIpc) is 2.42. The van der Waals surface area contributed by atoms with Crippen LogP contribution in [0.1, 0.15) is 0 Å². The Bertz CT molecular complexity index is 690. The number of nitrogens with one attached hydrogen (secondary N) is 1. The van der Waals surface area contributed by atoms with Gasteiger partial charge in [0.05, 0.1) is 11.2 Å². The number of aromatic nitrogens is 3. The van der Waals surface area contributed by atoms with Crippen LogP contribution in [0, 0.1) is 0 Å². The second-order valence-electron chi connectivity index (χ2n) is 3.80. The Morgan fingerprint density at radius 2 is 1.72 bits per heavy atom. The molecule has 88 valence electrons. The van der Waals surface area contributed by atoms with E-state index in [4.69, 9.17) is 5.73 Å². The molecule has 0 saturated carbocycles. The molecule has 2 heterocycles. The summed E-state index contributed by atoms with van der Waals surface area (Å²) in [6.07, 6.45) is 4.91. The summed E-state index contributed by atoms with van der Waals surface area (Å²) in [6.45, 7) is 0. The molecule has 0 fully saturated rings. The number of rotatable bonds is 2. The summed E-state index contributed by atoms with van der Waals surface area (Å²) in [5.41, 5.74) is 7.50. The van der Waals surface area contributed by atoms with Crippen LogP contribution in [0.2, 0.25) is 0 Å². The van der Waals surface area contributed by atoms with Crippen LogP contribution < -0.4 is 11.1 Å². The van der Waals surface area contributed by atoms with Gasteiger partial charge in [0.15, 0.2) is 11.6 Å². The van der Waals surface area contributed by atoms with E-state index in [-0.39, 0.29) is 0 Å². The van der Waals surface area contributed by atoms with E-state index < -0.39 is 0 Å². The fourth-order valence-electron chi connectivity index (χ4n) is 1.78.